The van der Waals surface area contributed by atoms with Crippen molar-refractivity contribution < 1.29 is 18.8 Å². The van der Waals surface area contributed by atoms with Gasteiger partial charge in [0.05, 0.1) is 18.3 Å². The van der Waals surface area contributed by atoms with Crippen LogP contribution in [0, 0.1) is 12.8 Å². The first-order valence-corrected chi connectivity index (χ1v) is 16.4. The van der Waals surface area contributed by atoms with E-state index in [0.29, 0.717) is 35.9 Å². The third kappa shape index (κ3) is 7.89. The summed E-state index contributed by atoms with van der Waals surface area (Å²) in [6.07, 6.45) is 2.20. The zero-order valence-corrected chi connectivity index (χ0v) is 28.7. The highest BCUT2D eigenvalue weighted by Crippen LogP contribution is 2.25. The third-order valence-electron chi connectivity index (χ3n) is 8.05. The molecule has 0 spiro atoms. The number of H-pyrrole nitrogens is 1. The van der Waals surface area contributed by atoms with Gasteiger partial charge in [0.2, 0.25) is 11.8 Å². The van der Waals surface area contributed by atoms with Crippen LogP contribution >= 0.6 is 23.7 Å². The van der Waals surface area contributed by atoms with Crippen molar-refractivity contribution >= 4 is 52.5 Å². The van der Waals surface area contributed by atoms with E-state index >= 15 is 0 Å². The van der Waals surface area contributed by atoms with Crippen LogP contribution in [0.5, 0.6) is 0 Å². The van der Waals surface area contributed by atoms with E-state index in [4.69, 9.17) is 4.42 Å². The zero-order valence-electron chi connectivity index (χ0n) is 27.0. The molecule has 1 aromatic carbocycles. The molecule has 252 valence electrons. The van der Waals surface area contributed by atoms with Crippen LogP contribution in [0.3, 0.4) is 0 Å². The van der Waals surface area contributed by atoms with Crippen LogP contribution in [-0.4, -0.2) is 66.9 Å². The molecule has 0 aliphatic carbocycles. The average molecular weight is 692 g/mol. The van der Waals surface area contributed by atoms with Gasteiger partial charge in [-0.15, -0.1) is 23.7 Å². The number of halogens is 1. The highest BCUT2D eigenvalue weighted by molar-refractivity contribution is 7.09. The molecule has 15 heteroatoms. The van der Waals surface area contributed by atoms with Crippen LogP contribution < -0.4 is 16.0 Å². The topological polar surface area (TPSA) is 171 Å². The van der Waals surface area contributed by atoms with Crippen molar-refractivity contribution in [2.45, 2.75) is 58.8 Å². The molecular formula is C33H38ClN9O4S. The molecule has 3 atom stereocenters. The van der Waals surface area contributed by atoms with Gasteiger partial charge in [0.15, 0.2) is 11.3 Å². The lowest BCUT2D eigenvalue weighted by Crippen LogP contribution is -2.48. The van der Waals surface area contributed by atoms with Crippen LogP contribution in [0.15, 0.2) is 58.5 Å². The number of carbonyl (C=O) groups is 3. The number of pyridine rings is 1. The van der Waals surface area contributed by atoms with Crippen molar-refractivity contribution in [3.05, 3.63) is 93.3 Å². The number of fused-ring (bicyclic) bond motifs is 5. The first kappa shape index (κ1) is 34.7. The molecule has 1 aliphatic heterocycles. The smallest absolute Gasteiger partial charge is 0.274 e. The number of rotatable bonds is 5. The number of benzene rings is 1. The molecule has 4 aromatic heterocycles. The summed E-state index contributed by atoms with van der Waals surface area (Å²) >= 11 is 1.29. The van der Waals surface area contributed by atoms with Gasteiger partial charge in [0.1, 0.15) is 22.5 Å². The lowest BCUT2D eigenvalue weighted by atomic mass is 10.0. The molecule has 6 rings (SSSR count). The number of amides is 3. The lowest BCUT2D eigenvalue weighted by molar-refractivity contribution is -0.123. The minimum absolute atomic E-state index is 0. The molecule has 0 saturated heterocycles. The van der Waals surface area contributed by atoms with Gasteiger partial charge in [-0.25, -0.2) is 15.0 Å². The quantitative estimate of drug-likeness (QED) is 0.210. The maximum absolute atomic E-state index is 13.8. The largest absolute Gasteiger partial charge is 0.443 e. The molecular weight excluding hydrogens is 654 g/mol. The summed E-state index contributed by atoms with van der Waals surface area (Å²) in [5.74, 6) is -0.537. The number of aromatic nitrogens is 5. The highest BCUT2D eigenvalue weighted by Gasteiger charge is 2.30. The average Bonchev–Trinajstić information content (AvgIpc) is 3.79. The van der Waals surface area contributed by atoms with Crippen LogP contribution in [0.2, 0.25) is 0 Å². The van der Waals surface area contributed by atoms with Crippen LogP contribution in [-0.2, 0) is 17.8 Å². The Morgan fingerprint density at radius 3 is 2.58 bits per heavy atom. The van der Waals surface area contributed by atoms with Crippen LogP contribution in [0.1, 0.15) is 81.7 Å². The number of hydrogen-bond donors (Lipinski definition) is 4. The molecule has 0 radical (unpaired) electrons. The highest BCUT2D eigenvalue weighted by atomic mass is 35.5. The molecule has 1 aliphatic rings. The van der Waals surface area contributed by atoms with Gasteiger partial charge in [-0.05, 0) is 43.9 Å². The number of oxazole rings is 1. The number of nitrogens with zero attached hydrogens (tertiary/aromatic N) is 5. The Morgan fingerprint density at radius 1 is 1.02 bits per heavy atom. The van der Waals surface area contributed by atoms with Gasteiger partial charge in [-0.3, -0.25) is 24.4 Å². The van der Waals surface area contributed by atoms with Crippen LogP contribution in [0.25, 0.3) is 11.0 Å². The fraction of sp³-hybridized carbons (Fsp3) is 0.364. The molecule has 13 nitrogen and oxygen atoms in total. The third-order valence-corrected chi connectivity index (χ3v) is 9.07. The van der Waals surface area contributed by atoms with Gasteiger partial charge in [-0.2, -0.15) is 5.10 Å². The summed E-state index contributed by atoms with van der Waals surface area (Å²) in [4.78, 5) is 56.0. The second-order valence-corrected chi connectivity index (χ2v) is 13.0. The number of aromatic amines is 1. The number of thiazole rings is 1. The van der Waals surface area contributed by atoms with Gasteiger partial charge < -0.3 is 20.4 Å². The molecule has 0 fully saturated rings. The second-order valence-electron chi connectivity index (χ2n) is 12.1. The number of carbonyl (C=O) groups excluding carboxylic acids is 3. The van der Waals surface area contributed by atoms with Gasteiger partial charge in [-0.1, -0.05) is 44.2 Å². The van der Waals surface area contributed by atoms with Crippen molar-refractivity contribution in [3.8, 4) is 0 Å². The number of aryl methyl sites for hydroxylation is 1. The Balaban J connectivity index is 0.00000451. The summed E-state index contributed by atoms with van der Waals surface area (Å²) in [5.41, 5.74) is 2.79. The summed E-state index contributed by atoms with van der Waals surface area (Å²) in [6, 6.07) is 12.2. The molecule has 0 saturated carbocycles. The summed E-state index contributed by atoms with van der Waals surface area (Å²) in [6.45, 7) is 8.04. The fourth-order valence-corrected chi connectivity index (χ4v) is 6.48. The Morgan fingerprint density at radius 2 is 1.81 bits per heavy atom. The van der Waals surface area contributed by atoms with E-state index < -0.39 is 18.0 Å². The van der Waals surface area contributed by atoms with E-state index in [9.17, 15) is 14.4 Å². The summed E-state index contributed by atoms with van der Waals surface area (Å²) in [5, 5.41) is 19.7. The van der Waals surface area contributed by atoms with E-state index in [1.54, 1.807) is 25.4 Å². The normalized spacial score (nSPS) is 19.6. The van der Waals surface area contributed by atoms with Crippen molar-refractivity contribution in [1.82, 2.24) is 46.0 Å². The minimum Gasteiger partial charge on any atom is -0.443 e. The number of hydrogen-bond acceptors (Lipinski definition) is 10. The van der Waals surface area contributed by atoms with Gasteiger partial charge >= 0.3 is 0 Å². The first-order valence-electron chi connectivity index (χ1n) is 15.5. The molecule has 5 aromatic rings. The monoisotopic (exact) mass is 691 g/mol. The standard InChI is InChI=1S/C33H37N9O4S.ClH/c1-18(2)27-32-39-28(20(4)46-32)31(45)35-19(3)33-37-25(17-47-33)30(44)36-22(13-21-9-6-5-7-10-21)14-42(16-26(43)38-27)15-24-23-11-8-12-34-29(23)41-40-24;/h5-12,17-19,22,27H,13-16H2,1-4H3,(H,35,45)(H,36,44)(H,38,43)(H,34,40,41);1H/t19-,22-,27+;/m1./s1. The second kappa shape index (κ2) is 15.0. The molecule has 4 N–H and O–H groups in total. The van der Waals surface area contributed by atoms with Gasteiger partial charge in [0, 0.05) is 36.1 Å². The number of nitrogens with one attached hydrogen (secondary N) is 4. The minimum atomic E-state index is -0.584. The Bertz CT molecular complexity index is 1890. The van der Waals surface area contributed by atoms with Crippen molar-refractivity contribution in [3.63, 3.8) is 0 Å². The van der Waals surface area contributed by atoms with Crippen molar-refractivity contribution in [2.75, 3.05) is 13.1 Å². The fourth-order valence-electron chi connectivity index (χ4n) is 5.68. The molecule has 4 bridgehead atoms. The van der Waals surface area contributed by atoms with E-state index in [1.807, 2.05) is 61.2 Å². The van der Waals surface area contributed by atoms with Crippen LogP contribution in [0.4, 0.5) is 0 Å². The van der Waals surface area contributed by atoms with Crippen molar-refractivity contribution in [1.29, 1.82) is 0 Å². The molecule has 0 unspecified atom stereocenters. The predicted octanol–water partition coefficient (Wildman–Crippen LogP) is 4.29. The first-order chi connectivity index (χ1) is 22.6. The zero-order chi connectivity index (χ0) is 33.1. The molecule has 5 heterocycles. The maximum Gasteiger partial charge on any atom is 0.274 e. The summed E-state index contributed by atoms with van der Waals surface area (Å²) < 4.78 is 5.96. The van der Waals surface area contributed by atoms with Crippen molar-refractivity contribution in [2.24, 2.45) is 5.92 Å². The maximum atomic E-state index is 13.8. The van der Waals surface area contributed by atoms with E-state index in [2.05, 4.69) is 41.1 Å². The van der Waals surface area contributed by atoms with E-state index in [-0.39, 0.29) is 60.0 Å². The predicted molar refractivity (Wildman–Crippen MR) is 183 cm³/mol. The van der Waals surface area contributed by atoms with Gasteiger partial charge in [0.25, 0.3) is 11.8 Å². The molecule has 48 heavy (non-hydrogen) atoms. The Hall–Kier alpha value is -4.66. The molecule has 3 amide bonds. The summed E-state index contributed by atoms with van der Waals surface area (Å²) in [7, 11) is 0. The van der Waals surface area contributed by atoms with E-state index in [0.717, 1.165) is 16.6 Å². The SMILES string of the molecule is Cc1oc2nc1C(=O)N[C@H](C)c1nc(cs1)C(=O)N[C@H](Cc1ccccc1)CN(Cc1[nH]nc3ncccc13)CC(=O)N[C@H]2C(C)C.Cl. The Kier molecular flexibility index (Phi) is 10.9. The Labute approximate surface area is 287 Å². The van der Waals surface area contributed by atoms with E-state index in [1.165, 1.54) is 11.3 Å². The lowest BCUT2D eigenvalue weighted by Gasteiger charge is -2.28.